The van der Waals surface area contributed by atoms with E-state index in [1.807, 2.05) is 35.7 Å². The van der Waals surface area contributed by atoms with E-state index in [0.717, 1.165) is 11.2 Å². The molecule has 118 valence electrons. The number of carbonyl (C=O) groups excluding carboxylic acids is 1. The smallest absolute Gasteiger partial charge is 0.230 e. The Kier molecular flexibility index (Phi) is 4.57. The molecule has 0 saturated carbocycles. The molecule has 0 unspecified atom stereocenters. The molecule has 2 heterocycles. The third kappa shape index (κ3) is 3.68. The number of rotatable bonds is 5. The molecule has 1 atom stereocenters. The third-order valence-corrected chi connectivity index (χ3v) is 4.31. The lowest BCUT2D eigenvalue weighted by Crippen LogP contribution is -2.28. The second-order valence-electron chi connectivity index (χ2n) is 5.04. The largest absolute Gasteiger partial charge is 0.349 e. The van der Waals surface area contributed by atoms with Gasteiger partial charge in [-0.05, 0) is 36.8 Å². The maximum absolute atomic E-state index is 12.9. The van der Waals surface area contributed by atoms with E-state index in [1.54, 1.807) is 12.1 Å². The number of hydrogen-bond donors (Lipinski definition) is 1. The minimum atomic E-state index is -0.290. The predicted molar refractivity (Wildman–Crippen MR) is 86.7 cm³/mol. The molecular weight excluding hydrogens is 315 g/mol. The summed E-state index contributed by atoms with van der Waals surface area (Å²) >= 11 is 1.32. The molecule has 0 radical (unpaired) electrons. The highest BCUT2D eigenvalue weighted by molar-refractivity contribution is 7.99. The van der Waals surface area contributed by atoms with Crippen LogP contribution in [0.2, 0.25) is 0 Å². The molecule has 0 aliphatic heterocycles. The number of nitrogens with one attached hydrogen (secondary N) is 1. The highest BCUT2D eigenvalue weighted by atomic mass is 32.2. The lowest BCUT2D eigenvalue weighted by atomic mass is 10.1. The van der Waals surface area contributed by atoms with Crippen molar-refractivity contribution in [1.29, 1.82) is 0 Å². The quantitative estimate of drug-likeness (QED) is 0.731. The fourth-order valence-electron chi connectivity index (χ4n) is 2.17. The van der Waals surface area contributed by atoms with E-state index in [1.165, 1.54) is 23.9 Å². The van der Waals surface area contributed by atoms with Gasteiger partial charge in [0, 0.05) is 6.20 Å². The number of fused-ring (bicyclic) bond motifs is 1. The second-order valence-corrected chi connectivity index (χ2v) is 5.98. The van der Waals surface area contributed by atoms with Gasteiger partial charge in [-0.15, -0.1) is 10.2 Å². The number of amides is 1. The van der Waals surface area contributed by atoms with Gasteiger partial charge >= 0.3 is 0 Å². The van der Waals surface area contributed by atoms with Gasteiger partial charge in [-0.3, -0.25) is 9.20 Å². The lowest BCUT2D eigenvalue weighted by molar-refractivity contribution is -0.119. The summed E-state index contributed by atoms with van der Waals surface area (Å²) in [5, 5.41) is 11.7. The molecule has 0 aliphatic rings. The minimum absolute atomic E-state index is 0.112. The zero-order valence-corrected chi connectivity index (χ0v) is 13.3. The van der Waals surface area contributed by atoms with Crippen LogP contribution in [0.5, 0.6) is 0 Å². The van der Waals surface area contributed by atoms with Crippen LogP contribution in [-0.4, -0.2) is 26.3 Å². The number of pyridine rings is 1. The van der Waals surface area contributed by atoms with Gasteiger partial charge in [-0.2, -0.15) is 0 Å². The molecule has 1 aromatic carbocycles. The average molecular weight is 330 g/mol. The van der Waals surface area contributed by atoms with Gasteiger partial charge in [-0.1, -0.05) is 30.0 Å². The van der Waals surface area contributed by atoms with Crippen LogP contribution in [0.15, 0.2) is 53.8 Å². The topological polar surface area (TPSA) is 59.3 Å². The highest BCUT2D eigenvalue weighted by Gasteiger charge is 2.12. The fourth-order valence-corrected chi connectivity index (χ4v) is 2.90. The second kappa shape index (κ2) is 6.78. The molecule has 2 aromatic heterocycles. The zero-order chi connectivity index (χ0) is 16.2. The number of aromatic nitrogens is 3. The standard InChI is InChI=1S/C16H15FN4OS/c1-11(12-5-7-13(17)8-6-12)18-15(22)10-23-16-20-19-14-4-2-3-9-21(14)16/h2-9,11H,10H2,1H3,(H,18,22)/t11-/m0/s1. The molecule has 0 spiro atoms. The zero-order valence-electron chi connectivity index (χ0n) is 12.4. The molecule has 7 heteroatoms. The Morgan fingerprint density at radius 1 is 1.26 bits per heavy atom. The monoisotopic (exact) mass is 330 g/mol. The van der Waals surface area contributed by atoms with Crippen molar-refractivity contribution < 1.29 is 9.18 Å². The first-order valence-electron chi connectivity index (χ1n) is 7.11. The van der Waals surface area contributed by atoms with Crippen LogP contribution in [0, 0.1) is 5.82 Å². The maximum atomic E-state index is 12.9. The molecule has 3 rings (SSSR count). The van der Waals surface area contributed by atoms with E-state index < -0.39 is 0 Å². The number of benzene rings is 1. The fraction of sp³-hybridized carbons (Fsp3) is 0.188. The summed E-state index contributed by atoms with van der Waals surface area (Å²) in [6, 6.07) is 11.5. The van der Waals surface area contributed by atoms with Gasteiger partial charge in [-0.25, -0.2) is 4.39 Å². The maximum Gasteiger partial charge on any atom is 0.230 e. The van der Waals surface area contributed by atoms with Gasteiger partial charge < -0.3 is 5.32 Å². The van der Waals surface area contributed by atoms with Crippen molar-refractivity contribution in [2.45, 2.75) is 18.1 Å². The summed E-state index contributed by atoms with van der Waals surface area (Å²) < 4.78 is 14.7. The summed E-state index contributed by atoms with van der Waals surface area (Å²) in [5.41, 5.74) is 1.60. The Morgan fingerprint density at radius 3 is 2.83 bits per heavy atom. The summed E-state index contributed by atoms with van der Waals surface area (Å²) in [5.74, 6) is -0.165. The van der Waals surface area contributed by atoms with Gasteiger partial charge in [0.05, 0.1) is 11.8 Å². The molecule has 5 nitrogen and oxygen atoms in total. The van der Waals surface area contributed by atoms with Crippen LogP contribution in [0.1, 0.15) is 18.5 Å². The SMILES string of the molecule is C[C@H](NC(=O)CSc1nnc2ccccn12)c1ccc(F)cc1. The van der Waals surface area contributed by atoms with Crippen LogP contribution in [0.4, 0.5) is 4.39 Å². The van der Waals surface area contributed by atoms with Crippen LogP contribution in [0.3, 0.4) is 0 Å². The van der Waals surface area contributed by atoms with E-state index in [4.69, 9.17) is 0 Å². The van der Waals surface area contributed by atoms with E-state index in [-0.39, 0.29) is 23.5 Å². The van der Waals surface area contributed by atoms with Crippen LogP contribution >= 0.6 is 11.8 Å². The van der Waals surface area contributed by atoms with Gasteiger partial charge in [0.2, 0.25) is 5.91 Å². The molecule has 1 amide bonds. The Balaban J connectivity index is 1.58. The lowest BCUT2D eigenvalue weighted by Gasteiger charge is -2.14. The molecule has 0 saturated heterocycles. The van der Waals surface area contributed by atoms with E-state index in [0.29, 0.717) is 5.16 Å². The first-order chi connectivity index (χ1) is 11.1. The Bertz CT molecular complexity index is 818. The third-order valence-electron chi connectivity index (χ3n) is 3.36. The van der Waals surface area contributed by atoms with Crippen molar-refractivity contribution in [3.05, 3.63) is 60.0 Å². The number of halogens is 1. The van der Waals surface area contributed by atoms with E-state index in [2.05, 4.69) is 15.5 Å². The summed E-state index contributed by atoms with van der Waals surface area (Å²) in [6.07, 6.45) is 1.86. The first-order valence-corrected chi connectivity index (χ1v) is 8.09. The van der Waals surface area contributed by atoms with Crippen molar-refractivity contribution in [2.75, 3.05) is 5.75 Å². The van der Waals surface area contributed by atoms with Crippen molar-refractivity contribution in [3.63, 3.8) is 0 Å². The van der Waals surface area contributed by atoms with Gasteiger partial charge in [0.1, 0.15) is 5.82 Å². The van der Waals surface area contributed by atoms with Crippen molar-refractivity contribution in [3.8, 4) is 0 Å². The van der Waals surface area contributed by atoms with Crippen LogP contribution < -0.4 is 5.32 Å². The molecule has 1 N–H and O–H groups in total. The van der Waals surface area contributed by atoms with Crippen molar-refractivity contribution >= 4 is 23.3 Å². The number of carbonyl (C=O) groups is 1. The molecule has 0 fully saturated rings. The summed E-state index contributed by atoms with van der Waals surface area (Å²) in [6.45, 7) is 1.86. The highest BCUT2D eigenvalue weighted by Crippen LogP contribution is 2.17. The predicted octanol–water partition coefficient (Wildman–Crippen LogP) is 2.84. The Morgan fingerprint density at radius 2 is 2.04 bits per heavy atom. The minimum Gasteiger partial charge on any atom is -0.349 e. The average Bonchev–Trinajstić information content (AvgIpc) is 2.97. The van der Waals surface area contributed by atoms with Crippen LogP contribution in [0.25, 0.3) is 5.65 Å². The summed E-state index contributed by atoms with van der Waals surface area (Å²) in [4.78, 5) is 12.1. The molecule has 3 aromatic rings. The molecule has 0 aliphatic carbocycles. The number of hydrogen-bond acceptors (Lipinski definition) is 4. The first kappa shape index (κ1) is 15.5. The Labute approximate surface area is 136 Å². The molecule has 23 heavy (non-hydrogen) atoms. The van der Waals surface area contributed by atoms with Crippen molar-refractivity contribution in [2.24, 2.45) is 0 Å². The van der Waals surface area contributed by atoms with Crippen molar-refractivity contribution in [1.82, 2.24) is 19.9 Å². The van der Waals surface area contributed by atoms with E-state index in [9.17, 15) is 9.18 Å². The Hall–Kier alpha value is -2.41. The van der Waals surface area contributed by atoms with E-state index >= 15 is 0 Å². The van der Waals surface area contributed by atoms with Crippen LogP contribution in [-0.2, 0) is 4.79 Å². The summed E-state index contributed by atoms with van der Waals surface area (Å²) in [7, 11) is 0. The number of nitrogens with zero attached hydrogens (tertiary/aromatic N) is 3. The number of thioether (sulfide) groups is 1. The molecule has 0 bridgehead atoms. The van der Waals surface area contributed by atoms with Gasteiger partial charge in [0.15, 0.2) is 10.8 Å². The normalized spacial score (nSPS) is 12.3. The van der Waals surface area contributed by atoms with Gasteiger partial charge in [0.25, 0.3) is 0 Å². The molecular formula is C16H15FN4OS.